The maximum atomic E-state index is 11.6. The first-order valence-electron chi connectivity index (χ1n) is 9.46. The minimum atomic E-state index is 0.00920. The SMILES string of the molecule is COC1=CC=C(COc2ccc3c(c2)CN(c2ccc(=O)n(C)c2)CC3)NC1. The van der Waals surface area contributed by atoms with E-state index in [2.05, 4.69) is 22.3 Å². The van der Waals surface area contributed by atoms with E-state index in [0.29, 0.717) is 13.2 Å². The van der Waals surface area contributed by atoms with E-state index in [0.717, 1.165) is 42.4 Å². The van der Waals surface area contributed by atoms with Crippen molar-refractivity contribution in [2.75, 3.05) is 31.7 Å². The molecule has 0 aliphatic carbocycles. The van der Waals surface area contributed by atoms with Gasteiger partial charge in [0.15, 0.2) is 0 Å². The van der Waals surface area contributed by atoms with Crippen LogP contribution < -0.4 is 20.5 Å². The number of aryl methyl sites for hydroxylation is 1. The third kappa shape index (κ3) is 3.91. The Morgan fingerprint density at radius 2 is 2.04 bits per heavy atom. The smallest absolute Gasteiger partial charge is 0.250 e. The van der Waals surface area contributed by atoms with Crippen LogP contribution in [0, 0.1) is 0 Å². The summed E-state index contributed by atoms with van der Waals surface area (Å²) < 4.78 is 12.8. The summed E-state index contributed by atoms with van der Waals surface area (Å²) in [4.78, 5) is 13.9. The van der Waals surface area contributed by atoms with Crippen LogP contribution in [0.4, 0.5) is 5.69 Å². The highest BCUT2D eigenvalue weighted by Crippen LogP contribution is 2.27. The zero-order valence-corrected chi connectivity index (χ0v) is 16.3. The average Bonchev–Trinajstić information content (AvgIpc) is 2.74. The molecular formula is C22H25N3O3. The van der Waals surface area contributed by atoms with Gasteiger partial charge in [-0.2, -0.15) is 0 Å². The van der Waals surface area contributed by atoms with Crippen LogP contribution in [0.1, 0.15) is 11.1 Å². The number of hydrogen-bond acceptors (Lipinski definition) is 5. The Labute approximate surface area is 164 Å². The Morgan fingerprint density at radius 3 is 2.79 bits per heavy atom. The molecule has 2 aliphatic rings. The number of allylic oxidation sites excluding steroid dienone is 2. The van der Waals surface area contributed by atoms with Crippen molar-refractivity contribution in [2.24, 2.45) is 7.05 Å². The van der Waals surface area contributed by atoms with Gasteiger partial charge in [-0.25, -0.2) is 0 Å². The number of benzene rings is 1. The molecule has 2 aromatic rings. The van der Waals surface area contributed by atoms with Gasteiger partial charge in [-0.15, -0.1) is 0 Å². The Balaban J connectivity index is 1.45. The normalized spacial score (nSPS) is 15.9. The van der Waals surface area contributed by atoms with Crippen LogP contribution in [0.15, 0.2) is 64.9 Å². The summed E-state index contributed by atoms with van der Waals surface area (Å²) in [5, 5.41) is 3.30. The third-order valence-corrected chi connectivity index (χ3v) is 5.24. The highest BCUT2D eigenvalue weighted by atomic mass is 16.5. The van der Waals surface area contributed by atoms with Crippen LogP contribution in [0.2, 0.25) is 0 Å². The zero-order valence-electron chi connectivity index (χ0n) is 16.3. The predicted molar refractivity (Wildman–Crippen MR) is 110 cm³/mol. The maximum absolute atomic E-state index is 11.6. The fourth-order valence-corrected chi connectivity index (χ4v) is 3.52. The van der Waals surface area contributed by atoms with Crippen molar-refractivity contribution in [3.8, 4) is 5.75 Å². The summed E-state index contributed by atoms with van der Waals surface area (Å²) in [6.07, 6.45) is 6.84. The largest absolute Gasteiger partial charge is 0.499 e. The number of rotatable bonds is 5. The molecule has 4 rings (SSSR count). The van der Waals surface area contributed by atoms with Crippen LogP contribution in [-0.2, 0) is 24.8 Å². The molecule has 1 N–H and O–H groups in total. The minimum absolute atomic E-state index is 0.00920. The van der Waals surface area contributed by atoms with Crippen molar-refractivity contribution >= 4 is 5.69 Å². The molecule has 146 valence electrons. The lowest BCUT2D eigenvalue weighted by molar-refractivity contribution is 0.275. The van der Waals surface area contributed by atoms with Crippen molar-refractivity contribution in [1.29, 1.82) is 0 Å². The number of methoxy groups -OCH3 is 1. The number of hydrogen-bond donors (Lipinski definition) is 1. The molecular weight excluding hydrogens is 354 g/mol. The summed E-state index contributed by atoms with van der Waals surface area (Å²) in [5.41, 5.74) is 4.73. The van der Waals surface area contributed by atoms with E-state index in [1.54, 1.807) is 24.8 Å². The minimum Gasteiger partial charge on any atom is -0.499 e. The molecule has 28 heavy (non-hydrogen) atoms. The summed E-state index contributed by atoms with van der Waals surface area (Å²) in [7, 11) is 3.46. The van der Waals surface area contributed by atoms with Crippen molar-refractivity contribution in [3.63, 3.8) is 0 Å². The van der Waals surface area contributed by atoms with Crippen LogP contribution >= 0.6 is 0 Å². The average molecular weight is 379 g/mol. The predicted octanol–water partition coefficient (Wildman–Crippen LogP) is 2.34. The second-order valence-electron chi connectivity index (χ2n) is 7.11. The highest BCUT2D eigenvalue weighted by Gasteiger charge is 2.18. The molecule has 0 unspecified atom stereocenters. The van der Waals surface area contributed by atoms with Gasteiger partial charge in [0.25, 0.3) is 0 Å². The van der Waals surface area contributed by atoms with Gasteiger partial charge in [-0.05, 0) is 47.9 Å². The number of nitrogens with zero attached hydrogens (tertiary/aromatic N) is 2. The number of aromatic nitrogens is 1. The van der Waals surface area contributed by atoms with E-state index in [4.69, 9.17) is 9.47 Å². The third-order valence-electron chi connectivity index (χ3n) is 5.24. The van der Waals surface area contributed by atoms with E-state index in [-0.39, 0.29) is 5.56 Å². The van der Waals surface area contributed by atoms with Crippen LogP contribution in [0.5, 0.6) is 5.75 Å². The summed E-state index contributed by atoms with van der Waals surface area (Å²) in [6, 6.07) is 9.85. The van der Waals surface area contributed by atoms with Crippen LogP contribution in [0.25, 0.3) is 0 Å². The highest BCUT2D eigenvalue weighted by molar-refractivity contribution is 5.49. The number of dihydropyridines is 1. The molecule has 0 saturated carbocycles. The molecule has 0 spiro atoms. The van der Waals surface area contributed by atoms with Crippen molar-refractivity contribution < 1.29 is 9.47 Å². The monoisotopic (exact) mass is 379 g/mol. The Morgan fingerprint density at radius 1 is 1.14 bits per heavy atom. The molecule has 6 nitrogen and oxygen atoms in total. The first-order chi connectivity index (χ1) is 13.6. The molecule has 0 fully saturated rings. The van der Waals surface area contributed by atoms with Gasteiger partial charge in [0.05, 0.1) is 19.3 Å². The van der Waals surface area contributed by atoms with Crippen LogP contribution in [-0.4, -0.2) is 31.4 Å². The lowest BCUT2D eigenvalue weighted by Crippen LogP contribution is -2.31. The second kappa shape index (κ2) is 7.84. The topological polar surface area (TPSA) is 55.7 Å². The fourth-order valence-electron chi connectivity index (χ4n) is 3.52. The van der Waals surface area contributed by atoms with Gasteiger partial charge in [0.2, 0.25) is 5.56 Å². The molecule has 1 aromatic carbocycles. The molecule has 2 aliphatic heterocycles. The molecule has 0 radical (unpaired) electrons. The van der Waals surface area contributed by atoms with E-state index in [9.17, 15) is 4.79 Å². The van der Waals surface area contributed by atoms with Gasteiger partial charge < -0.3 is 24.3 Å². The molecule has 0 saturated heterocycles. The van der Waals surface area contributed by atoms with E-state index in [1.807, 2.05) is 30.5 Å². The number of ether oxygens (including phenoxy) is 2. The summed E-state index contributed by atoms with van der Waals surface area (Å²) in [6.45, 7) is 2.93. The molecule has 1 aromatic heterocycles. The summed E-state index contributed by atoms with van der Waals surface area (Å²) >= 11 is 0. The van der Waals surface area contributed by atoms with Gasteiger partial charge in [-0.3, -0.25) is 4.79 Å². The van der Waals surface area contributed by atoms with Gasteiger partial charge in [0, 0.05) is 38.1 Å². The fraction of sp³-hybridized carbons (Fsp3) is 0.318. The number of fused-ring (bicyclic) bond motifs is 1. The molecule has 6 heteroatoms. The second-order valence-corrected chi connectivity index (χ2v) is 7.11. The Kier molecular flexibility index (Phi) is 5.10. The van der Waals surface area contributed by atoms with Crippen molar-refractivity contribution in [1.82, 2.24) is 9.88 Å². The van der Waals surface area contributed by atoms with E-state index < -0.39 is 0 Å². The van der Waals surface area contributed by atoms with Crippen LogP contribution in [0.3, 0.4) is 0 Å². The lowest BCUT2D eigenvalue weighted by Gasteiger charge is -2.31. The van der Waals surface area contributed by atoms with Gasteiger partial charge in [-0.1, -0.05) is 6.07 Å². The number of nitrogens with one attached hydrogen (secondary N) is 1. The van der Waals surface area contributed by atoms with E-state index in [1.165, 1.54) is 11.1 Å². The molecule has 3 heterocycles. The maximum Gasteiger partial charge on any atom is 0.250 e. The quantitative estimate of drug-likeness (QED) is 0.864. The molecule has 0 amide bonds. The Bertz CT molecular complexity index is 991. The van der Waals surface area contributed by atoms with Crippen molar-refractivity contribution in [2.45, 2.75) is 13.0 Å². The standard InChI is InChI=1S/C22H25N3O3/c1-24-14-19(5-8-22(24)26)25-10-9-16-3-6-20(11-17(16)13-25)28-15-18-4-7-21(27-2)12-23-18/h3-8,11,14,23H,9-10,12-13,15H2,1-2H3. The van der Waals surface area contributed by atoms with E-state index >= 15 is 0 Å². The number of anilines is 1. The summed E-state index contributed by atoms with van der Waals surface area (Å²) in [5.74, 6) is 1.78. The first kappa shape index (κ1) is 18.2. The molecule has 0 bridgehead atoms. The number of pyridine rings is 1. The van der Waals surface area contributed by atoms with Gasteiger partial charge >= 0.3 is 0 Å². The van der Waals surface area contributed by atoms with Crippen molar-refractivity contribution in [3.05, 3.63) is 81.6 Å². The lowest BCUT2D eigenvalue weighted by atomic mass is 9.99. The van der Waals surface area contributed by atoms with Gasteiger partial charge in [0.1, 0.15) is 18.1 Å². The zero-order chi connectivity index (χ0) is 19.5. The first-order valence-corrected chi connectivity index (χ1v) is 9.46. The Hall–Kier alpha value is -3.15. The molecule has 0 atom stereocenters.